The summed E-state index contributed by atoms with van der Waals surface area (Å²) in [5.41, 5.74) is 1.09. The molecule has 4 aliphatic carbocycles. The van der Waals surface area contributed by atoms with Gasteiger partial charge in [0.05, 0.1) is 6.10 Å². The third-order valence-corrected chi connectivity index (χ3v) is 8.38. The summed E-state index contributed by atoms with van der Waals surface area (Å²) in [6.07, 6.45) is 14.0. The molecular formula is C19H32O. The van der Waals surface area contributed by atoms with Crippen LogP contribution in [-0.2, 0) is 0 Å². The maximum absolute atomic E-state index is 10.6. The van der Waals surface area contributed by atoms with Crippen LogP contribution in [0.15, 0.2) is 0 Å². The molecule has 0 saturated heterocycles. The summed E-state index contributed by atoms with van der Waals surface area (Å²) in [6, 6.07) is 0. The lowest BCUT2D eigenvalue weighted by molar-refractivity contribution is -0.122. The van der Waals surface area contributed by atoms with Crippen LogP contribution in [0.1, 0.15) is 78.1 Å². The molecule has 0 aliphatic heterocycles. The Morgan fingerprint density at radius 1 is 0.850 bits per heavy atom. The molecule has 4 saturated carbocycles. The summed E-state index contributed by atoms with van der Waals surface area (Å²) in [5, 5.41) is 10.6. The lowest BCUT2D eigenvalue weighted by Gasteiger charge is -2.60. The molecule has 0 aromatic rings. The molecule has 0 aromatic heterocycles. The molecule has 0 amide bonds. The third-order valence-electron chi connectivity index (χ3n) is 8.38. The molecule has 0 radical (unpaired) electrons. The number of hydrogen-bond donors (Lipinski definition) is 1. The van der Waals surface area contributed by atoms with Crippen molar-refractivity contribution in [2.75, 3.05) is 0 Å². The zero-order chi connectivity index (χ0) is 14.0. The first kappa shape index (κ1) is 13.6. The van der Waals surface area contributed by atoms with E-state index in [0.29, 0.717) is 16.7 Å². The molecule has 0 unspecified atom stereocenters. The van der Waals surface area contributed by atoms with Gasteiger partial charge in [0.25, 0.3) is 0 Å². The molecule has 1 heteroatoms. The second-order valence-corrected chi connectivity index (χ2v) is 9.12. The lowest BCUT2D eigenvalue weighted by atomic mass is 9.45. The average molecular weight is 276 g/mol. The van der Waals surface area contributed by atoms with Crippen molar-refractivity contribution in [2.24, 2.45) is 34.5 Å². The minimum absolute atomic E-state index is 0.0107. The summed E-state index contributed by atoms with van der Waals surface area (Å²) in [7, 11) is 0. The Kier molecular flexibility index (Phi) is 3.05. The summed E-state index contributed by atoms with van der Waals surface area (Å²) >= 11 is 0. The number of fused-ring (bicyclic) bond motifs is 5. The molecule has 20 heavy (non-hydrogen) atoms. The van der Waals surface area contributed by atoms with Gasteiger partial charge in [0.1, 0.15) is 0 Å². The first-order valence-corrected chi connectivity index (χ1v) is 9.23. The Morgan fingerprint density at radius 2 is 1.65 bits per heavy atom. The fourth-order valence-corrected chi connectivity index (χ4v) is 7.32. The van der Waals surface area contributed by atoms with Crippen molar-refractivity contribution in [3.05, 3.63) is 0 Å². The molecule has 4 fully saturated rings. The van der Waals surface area contributed by atoms with E-state index in [2.05, 4.69) is 13.8 Å². The predicted molar refractivity (Wildman–Crippen MR) is 82.4 cm³/mol. The Hall–Kier alpha value is -0.0400. The first-order chi connectivity index (χ1) is 9.55. The van der Waals surface area contributed by atoms with Crippen LogP contribution in [0.5, 0.6) is 0 Å². The van der Waals surface area contributed by atoms with Crippen LogP contribution in [0.25, 0.3) is 0 Å². The van der Waals surface area contributed by atoms with Crippen molar-refractivity contribution in [2.45, 2.75) is 84.2 Å². The van der Waals surface area contributed by atoms with E-state index in [-0.39, 0.29) is 6.10 Å². The van der Waals surface area contributed by atoms with E-state index in [1.807, 2.05) is 0 Å². The highest BCUT2D eigenvalue weighted by atomic mass is 16.3. The minimum atomic E-state index is 0.0107. The largest absolute Gasteiger partial charge is 0.393 e. The van der Waals surface area contributed by atoms with Crippen LogP contribution in [0, 0.1) is 34.5 Å². The van der Waals surface area contributed by atoms with Gasteiger partial charge in [-0.05, 0) is 85.9 Å². The summed E-state index contributed by atoms with van der Waals surface area (Å²) in [5.74, 6) is 3.39. The number of aliphatic hydroxyl groups excluding tert-OH is 1. The van der Waals surface area contributed by atoms with Crippen LogP contribution >= 0.6 is 0 Å². The van der Waals surface area contributed by atoms with Gasteiger partial charge >= 0.3 is 0 Å². The molecular weight excluding hydrogens is 244 g/mol. The van der Waals surface area contributed by atoms with Crippen molar-refractivity contribution >= 4 is 0 Å². The van der Waals surface area contributed by atoms with Gasteiger partial charge < -0.3 is 5.11 Å². The van der Waals surface area contributed by atoms with Crippen molar-refractivity contribution in [1.29, 1.82) is 0 Å². The SMILES string of the molecule is C[C@@]12CC[C@@H]3[C@@H](CC[C@H]4CCCC[C@]43C)[C@H]1[C@@H](O)CC2. The Bertz CT molecular complexity index is 391. The second-order valence-electron chi connectivity index (χ2n) is 9.12. The zero-order valence-corrected chi connectivity index (χ0v) is 13.4. The van der Waals surface area contributed by atoms with Crippen molar-refractivity contribution in [3.8, 4) is 0 Å². The molecule has 0 aromatic carbocycles. The van der Waals surface area contributed by atoms with Crippen LogP contribution < -0.4 is 0 Å². The normalized spacial score (nSPS) is 58.6. The minimum Gasteiger partial charge on any atom is -0.393 e. The lowest BCUT2D eigenvalue weighted by Crippen LogP contribution is -2.53. The van der Waals surface area contributed by atoms with Crippen LogP contribution in [-0.4, -0.2) is 11.2 Å². The zero-order valence-electron chi connectivity index (χ0n) is 13.4. The topological polar surface area (TPSA) is 20.2 Å². The van der Waals surface area contributed by atoms with Crippen LogP contribution in [0.2, 0.25) is 0 Å². The average Bonchev–Trinajstić information content (AvgIpc) is 2.74. The van der Waals surface area contributed by atoms with E-state index < -0.39 is 0 Å². The predicted octanol–water partition coefficient (Wildman–Crippen LogP) is 4.78. The Labute approximate surface area is 124 Å². The van der Waals surface area contributed by atoms with Crippen molar-refractivity contribution in [3.63, 3.8) is 0 Å². The highest BCUT2D eigenvalue weighted by Gasteiger charge is 2.59. The number of rotatable bonds is 0. The fourth-order valence-electron chi connectivity index (χ4n) is 7.32. The van der Waals surface area contributed by atoms with Crippen LogP contribution in [0.4, 0.5) is 0 Å². The maximum atomic E-state index is 10.6. The van der Waals surface area contributed by atoms with Crippen LogP contribution in [0.3, 0.4) is 0 Å². The molecule has 0 heterocycles. The monoisotopic (exact) mass is 276 g/mol. The fraction of sp³-hybridized carbons (Fsp3) is 1.00. The summed E-state index contributed by atoms with van der Waals surface area (Å²) in [4.78, 5) is 0. The van der Waals surface area contributed by atoms with E-state index >= 15 is 0 Å². The highest BCUT2D eigenvalue weighted by Crippen LogP contribution is 2.66. The molecule has 1 nitrogen and oxygen atoms in total. The molecule has 1 N–H and O–H groups in total. The third kappa shape index (κ3) is 1.71. The van der Waals surface area contributed by atoms with E-state index in [9.17, 15) is 5.11 Å². The number of hydrogen-bond acceptors (Lipinski definition) is 1. The second kappa shape index (κ2) is 4.48. The van der Waals surface area contributed by atoms with E-state index in [0.717, 1.165) is 24.2 Å². The maximum Gasteiger partial charge on any atom is 0.0576 e. The summed E-state index contributed by atoms with van der Waals surface area (Å²) in [6.45, 7) is 5.11. The first-order valence-electron chi connectivity index (χ1n) is 9.23. The molecule has 4 aliphatic rings. The van der Waals surface area contributed by atoms with Gasteiger partial charge in [0.15, 0.2) is 0 Å². The standard InChI is InChI=1S/C19H32O/c1-18-11-8-15-14(17(18)16(20)9-12-18)7-6-13-5-3-4-10-19(13,15)2/h13-17,20H,3-12H2,1-2H3/t13-,14-,15-,16+,17+,18+,19-/m1/s1. The van der Waals surface area contributed by atoms with Gasteiger partial charge in [-0.3, -0.25) is 0 Å². The molecule has 7 atom stereocenters. The van der Waals surface area contributed by atoms with Gasteiger partial charge in [-0.25, -0.2) is 0 Å². The molecule has 0 bridgehead atoms. The van der Waals surface area contributed by atoms with Gasteiger partial charge in [-0.1, -0.05) is 26.7 Å². The number of aliphatic hydroxyl groups is 1. The van der Waals surface area contributed by atoms with E-state index in [1.165, 1.54) is 57.8 Å². The van der Waals surface area contributed by atoms with Gasteiger partial charge in [0.2, 0.25) is 0 Å². The van der Waals surface area contributed by atoms with E-state index in [4.69, 9.17) is 0 Å². The molecule has 0 spiro atoms. The molecule has 4 rings (SSSR count). The highest BCUT2D eigenvalue weighted by molar-refractivity contribution is 5.08. The van der Waals surface area contributed by atoms with Crippen molar-refractivity contribution in [1.82, 2.24) is 0 Å². The van der Waals surface area contributed by atoms with E-state index in [1.54, 1.807) is 0 Å². The van der Waals surface area contributed by atoms with Crippen molar-refractivity contribution < 1.29 is 5.11 Å². The van der Waals surface area contributed by atoms with Gasteiger partial charge in [-0.2, -0.15) is 0 Å². The molecule has 114 valence electrons. The Morgan fingerprint density at radius 3 is 2.50 bits per heavy atom. The smallest absolute Gasteiger partial charge is 0.0576 e. The van der Waals surface area contributed by atoms with Gasteiger partial charge in [0, 0.05) is 0 Å². The van der Waals surface area contributed by atoms with Gasteiger partial charge in [-0.15, -0.1) is 0 Å². The Balaban J connectivity index is 1.66. The summed E-state index contributed by atoms with van der Waals surface area (Å²) < 4.78 is 0. The quantitative estimate of drug-likeness (QED) is 0.675.